The first-order valence-electron chi connectivity index (χ1n) is 4.81. The van der Waals surface area contributed by atoms with Crippen molar-refractivity contribution in [3.63, 3.8) is 0 Å². The van der Waals surface area contributed by atoms with Crippen LogP contribution in [-0.4, -0.2) is 13.0 Å². The fraction of sp³-hybridized carbons (Fsp3) is 0. The monoisotopic (exact) mass is 252 g/mol. The quantitative estimate of drug-likeness (QED) is 0.836. The van der Waals surface area contributed by atoms with E-state index in [1.807, 2.05) is 6.07 Å². The molecule has 0 spiro atoms. The van der Waals surface area contributed by atoms with Gasteiger partial charge >= 0.3 is 0 Å². The summed E-state index contributed by atoms with van der Waals surface area (Å²) in [4.78, 5) is -0.709. The van der Waals surface area contributed by atoms with E-state index in [0.717, 1.165) is 17.7 Å². The molecule has 0 fully saturated rings. The van der Waals surface area contributed by atoms with E-state index >= 15 is 0 Å². The molecule has 0 amide bonds. The highest BCUT2D eigenvalue weighted by molar-refractivity contribution is 7.85. The molecule has 0 heterocycles. The van der Waals surface area contributed by atoms with Crippen LogP contribution in [0.15, 0.2) is 53.4 Å². The molecule has 0 aliphatic rings. The van der Waals surface area contributed by atoms with Gasteiger partial charge in [0.05, 0.1) is 0 Å². The number of hydrogen-bond donors (Lipinski definition) is 1. The van der Waals surface area contributed by atoms with Crippen LogP contribution in [0.2, 0.25) is 0 Å². The van der Waals surface area contributed by atoms with E-state index in [1.54, 1.807) is 24.3 Å². The Hall–Kier alpha value is -1.72. The molecule has 17 heavy (non-hydrogen) atoms. The summed E-state index contributed by atoms with van der Waals surface area (Å²) < 4.78 is 44.0. The molecular weight excluding hydrogens is 243 g/mol. The van der Waals surface area contributed by atoms with Crippen LogP contribution >= 0.6 is 0 Å². The Kier molecular flexibility index (Phi) is 2.95. The van der Waals surface area contributed by atoms with Gasteiger partial charge in [0, 0.05) is 0 Å². The average Bonchev–Trinajstić information content (AvgIpc) is 2.29. The molecule has 88 valence electrons. The lowest BCUT2D eigenvalue weighted by atomic mass is 10.1. The first-order chi connectivity index (χ1) is 7.98. The van der Waals surface area contributed by atoms with Crippen molar-refractivity contribution in [1.29, 1.82) is 0 Å². The van der Waals surface area contributed by atoms with Crippen LogP contribution in [0.1, 0.15) is 0 Å². The van der Waals surface area contributed by atoms with Crippen LogP contribution in [0.3, 0.4) is 0 Å². The molecule has 0 bridgehead atoms. The van der Waals surface area contributed by atoms with Crippen LogP contribution in [0.4, 0.5) is 4.39 Å². The minimum absolute atomic E-state index is 0.527. The third-order valence-electron chi connectivity index (χ3n) is 2.32. The van der Waals surface area contributed by atoms with Crippen LogP contribution < -0.4 is 0 Å². The summed E-state index contributed by atoms with van der Waals surface area (Å²) in [5, 5.41) is 0. The van der Waals surface area contributed by atoms with Gasteiger partial charge in [0.2, 0.25) is 0 Å². The molecule has 3 nitrogen and oxygen atoms in total. The highest BCUT2D eigenvalue weighted by Crippen LogP contribution is 2.24. The second kappa shape index (κ2) is 4.27. The van der Waals surface area contributed by atoms with Crippen molar-refractivity contribution in [3.8, 4) is 11.1 Å². The highest BCUT2D eigenvalue weighted by Gasteiger charge is 2.16. The predicted molar refractivity (Wildman–Crippen MR) is 61.7 cm³/mol. The maximum atomic E-state index is 13.2. The summed E-state index contributed by atoms with van der Waals surface area (Å²) in [7, 11) is -4.54. The van der Waals surface area contributed by atoms with Crippen LogP contribution in [-0.2, 0) is 10.1 Å². The summed E-state index contributed by atoms with van der Waals surface area (Å²) in [6.45, 7) is 0. The van der Waals surface area contributed by atoms with E-state index in [2.05, 4.69) is 0 Å². The lowest BCUT2D eigenvalue weighted by Crippen LogP contribution is -2.01. The van der Waals surface area contributed by atoms with E-state index in [9.17, 15) is 12.8 Å². The molecule has 2 aromatic rings. The number of hydrogen-bond acceptors (Lipinski definition) is 2. The molecule has 0 saturated carbocycles. The minimum Gasteiger partial charge on any atom is -0.282 e. The maximum Gasteiger partial charge on any atom is 0.297 e. The van der Waals surface area contributed by atoms with Crippen molar-refractivity contribution >= 4 is 10.1 Å². The van der Waals surface area contributed by atoms with E-state index in [0.29, 0.717) is 5.56 Å². The van der Waals surface area contributed by atoms with Gasteiger partial charge in [0.25, 0.3) is 10.1 Å². The molecule has 2 aromatic carbocycles. The molecule has 0 unspecified atom stereocenters. The van der Waals surface area contributed by atoms with Gasteiger partial charge in [-0.05, 0) is 23.3 Å². The van der Waals surface area contributed by atoms with Gasteiger partial charge in [0.1, 0.15) is 10.7 Å². The molecule has 0 atom stereocenters. The predicted octanol–water partition coefficient (Wildman–Crippen LogP) is 2.74. The van der Waals surface area contributed by atoms with Crippen molar-refractivity contribution < 1.29 is 17.4 Å². The van der Waals surface area contributed by atoms with Crippen molar-refractivity contribution in [3.05, 3.63) is 54.3 Å². The van der Waals surface area contributed by atoms with E-state index in [-0.39, 0.29) is 0 Å². The normalized spacial score (nSPS) is 11.4. The Labute approximate surface area is 98.3 Å². The molecule has 1 N–H and O–H groups in total. The molecular formula is C12H9FO3S. The van der Waals surface area contributed by atoms with Crippen molar-refractivity contribution in [1.82, 2.24) is 0 Å². The molecule has 0 aliphatic carbocycles. The zero-order valence-electron chi connectivity index (χ0n) is 8.67. The van der Waals surface area contributed by atoms with Gasteiger partial charge in [-0.3, -0.25) is 4.55 Å². The van der Waals surface area contributed by atoms with E-state index in [1.165, 1.54) is 6.07 Å². The van der Waals surface area contributed by atoms with Gasteiger partial charge in [-0.15, -0.1) is 0 Å². The fourth-order valence-corrected chi connectivity index (χ4v) is 2.10. The Balaban J connectivity index is 2.61. The largest absolute Gasteiger partial charge is 0.297 e. The topological polar surface area (TPSA) is 54.4 Å². The molecule has 0 radical (unpaired) electrons. The smallest absolute Gasteiger partial charge is 0.282 e. The van der Waals surface area contributed by atoms with Crippen molar-refractivity contribution in [2.24, 2.45) is 0 Å². The van der Waals surface area contributed by atoms with Gasteiger partial charge in [-0.25, -0.2) is 4.39 Å². The first-order valence-corrected chi connectivity index (χ1v) is 6.25. The Morgan fingerprint density at radius 3 is 2.18 bits per heavy atom. The van der Waals surface area contributed by atoms with E-state index in [4.69, 9.17) is 4.55 Å². The Morgan fingerprint density at radius 2 is 1.59 bits per heavy atom. The van der Waals surface area contributed by atoms with Crippen LogP contribution in [0, 0.1) is 5.82 Å². The third-order valence-corrected chi connectivity index (χ3v) is 3.18. The second-order valence-electron chi connectivity index (χ2n) is 3.49. The van der Waals surface area contributed by atoms with E-state index < -0.39 is 20.8 Å². The molecule has 0 aliphatic heterocycles. The maximum absolute atomic E-state index is 13.2. The SMILES string of the molecule is O=S(=O)(O)c1cc(-c2ccccc2)ccc1F. The number of halogens is 1. The Morgan fingerprint density at radius 1 is 0.941 bits per heavy atom. The lowest BCUT2D eigenvalue weighted by Gasteiger charge is -2.04. The number of rotatable bonds is 2. The first kappa shape index (κ1) is 11.8. The summed E-state index contributed by atoms with van der Waals surface area (Å²) in [6, 6.07) is 12.5. The highest BCUT2D eigenvalue weighted by atomic mass is 32.2. The summed E-state index contributed by atoms with van der Waals surface area (Å²) in [5.74, 6) is -0.966. The zero-order valence-corrected chi connectivity index (χ0v) is 9.49. The van der Waals surface area contributed by atoms with Crippen LogP contribution in [0.25, 0.3) is 11.1 Å². The van der Waals surface area contributed by atoms with Gasteiger partial charge in [-0.1, -0.05) is 36.4 Å². The third kappa shape index (κ3) is 2.51. The average molecular weight is 252 g/mol. The van der Waals surface area contributed by atoms with Crippen LogP contribution in [0.5, 0.6) is 0 Å². The molecule has 0 saturated heterocycles. The molecule has 0 aromatic heterocycles. The second-order valence-corrected chi connectivity index (χ2v) is 4.88. The zero-order chi connectivity index (χ0) is 12.5. The standard InChI is InChI=1S/C12H9FO3S/c13-11-7-6-10(8-12(11)17(14,15)16)9-4-2-1-3-5-9/h1-8H,(H,14,15,16). The summed E-state index contributed by atoms with van der Waals surface area (Å²) in [5.41, 5.74) is 1.28. The van der Waals surface area contributed by atoms with Gasteiger partial charge in [0.15, 0.2) is 0 Å². The summed E-state index contributed by atoms with van der Waals surface area (Å²) >= 11 is 0. The Bertz CT molecular complexity index is 636. The summed E-state index contributed by atoms with van der Waals surface area (Å²) in [6.07, 6.45) is 0. The van der Waals surface area contributed by atoms with Gasteiger partial charge < -0.3 is 0 Å². The van der Waals surface area contributed by atoms with Crippen molar-refractivity contribution in [2.45, 2.75) is 4.90 Å². The number of benzene rings is 2. The lowest BCUT2D eigenvalue weighted by molar-refractivity contribution is 0.473. The molecule has 5 heteroatoms. The molecule has 2 rings (SSSR count). The van der Waals surface area contributed by atoms with Crippen molar-refractivity contribution in [2.75, 3.05) is 0 Å². The fourth-order valence-electron chi connectivity index (χ4n) is 1.51. The van der Waals surface area contributed by atoms with Gasteiger partial charge in [-0.2, -0.15) is 8.42 Å². The minimum atomic E-state index is -4.54.